The summed E-state index contributed by atoms with van der Waals surface area (Å²) in [7, 11) is 0. The lowest BCUT2D eigenvalue weighted by molar-refractivity contribution is 0.301. The van der Waals surface area contributed by atoms with Crippen LogP contribution in [0.25, 0.3) is 4.96 Å². The standard InChI is InChI=1S/C15H14N4OS/c1-9-5-4-6-13(10(9)2)20-8-14-18-19-12(7-16)11(3)17-15(19)21-14/h4-6H,8H2,1-3H3. The molecule has 0 unspecified atom stereocenters. The predicted octanol–water partition coefficient (Wildman–Crippen LogP) is 3.17. The zero-order valence-electron chi connectivity index (χ0n) is 12.0. The Morgan fingerprint density at radius 3 is 2.90 bits per heavy atom. The molecule has 2 heterocycles. The van der Waals surface area contributed by atoms with E-state index in [1.807, 2.05) is 26.0 Å². The van der Waals surface area contributed by atoms with Gasteiger partial charge in [-0.05, 0) is 38.0 Å². The van der Waals surface area contributed by atoms with Crippen LogP contribution in [0.3, 0.4) is 0 Å². The Morgan fingerprint density at radius 2 is 2.14 bits per heavy atom. The third kappa shape index (κ3) is 2.36. The zero-order chi connectivity index (χ0) is 15.0. The molecule has 1 aromatic carbocycles. The molecule has 0 spiro atoms. The van der Waals surface area contributed by atoms with Gasteiger partial charge in [0.1, 0.15) is 18.4 Å². The third-order valence-corrected chi connectivity index (χ3v) is 4.31. The Hall–Kier alpha value is -2.39. The minimum absolute atomic E-state index is 0.377. The first-order valence-corrected chi connectivity index (χ1v) is 7.36. The number of aromatic nitrogens is 3. The highest BCUT2D eigenvalue weighted by molar-refractivity contribution is 7.16. The Morgan fingerprint density at radius 1 is 1.33 bits per heavy atom. The lowest BCUT2D eigenvalue weighted by Crippen LogP contribution is -1.99. The second-order valence-corrected chi connectivity index (χ2v) is 5.88. The van der Waals surface area contributed by atoms with Crippen molar-refractivity contribution in [3.8, 4) is 11.8 Å². The van der Waals surface area contributed by atoms with Crippen molar-refractivity contribution in [1.29, 1.82) is 5.26 Å². The number of aryl methyl sites for hydroxylation is 2. The monoisotopic (exact) mass is 298 g/mol. The number of hydrogen-bond donors (Lipinski definition) is 0. The van der Waals surface area contributed by atoms with Gasteiger partial charge < -0.3 is 4.74 Å². The molecule has 0 amide bonds. The number of nitrogens with zero attached hydrogens (tertiary/aromatic N) is 4. The maximum absolute atomic E-state index is 9.11. The normalized spacial score (nSPS) is 10.8. The molecule has 5 nitrogen and oxygen atoms in total. The Kier molecular flexibility index (Phi) is 3.35. The van der Waals surface area contributed by atoms with E-state index in [1.165, 1.54) is 16.9 Å². The van der Waals surface area contributed by atoms with Gasteiger partial charge in [0.15, 0.2) is 10.7 Å². The molecule has 6 heteroatoms. The maximum Gasteiger partial charge on any atom is 0.213 e. The fourth-order valence-corrected chi connectivity index (χ4v) is 2.95. The van der Waals surface area contributed by atoms with E-state index in [1.54, 1.807) is 4.52 Å². The average molecular weight is 298 g/mol. The van der Waals surface area contributed by atoms with Crippen molar-refractivity contribution in [3.63, 3.8) is 0 Å². The van der Waals surface area contributed by atoms with E-state index in [9.17, 15) is 0 Å². The van der Waals surface area contributed by atoms with Crippen molar-refractivity contribution in [2.24, 2.45) is 0 Å². The van der Waals surface area contributed by atoms with Gasteiger partial charge in [-0.2, -0.15) is 14.9 Å². The molecule has 0 aliphatic carbocycles. The number of imidazole rings is 1. The van der Waals surface area contributed by atoms with Crippen molar-refractivity contribution in [2.45, 2.75) is 27.4 Å². The molecular formula is C15H14N4OS. The van der Waals surface area contributed by atoms with Crippen LogP contribution in [-0.2, 0) is 6.61 Å². The fourth-order valence-electron chi connectivity index (χ4n) is 2.10. The summed E-state index contributed by atoms with van der Waals surface area (Å²) in [6.07, 6.45) is 0. The summed E-state index contributed by atoms with van der Waals surface area (Å²) in [4.78, 5) is 5.06. The van der Waals surface area contributed by atoms with Crippen LogP contribution in [0.2, 0.25) is 0 Å². The minimum Gasteiger partial charge on any atom is -0.486 e. The van der Waals surface area contributed by atoms with Gasteiger partial charge in [-0.15, -0.1) is 0 Å². The van der Waals surface area contributed by atoms with Crippen LogP contribution >= 0.6 is 11.3 Å². The first kappa shape index (κ1) is 13.6. The molecule has 0 radical (unpaired) electrons. The van der Waals surface area contributed by atoms with Crippen molar-refractivity contribution in [3.05, 3.63) is 45.7 Å². The van der Waals surface area contributed by atoms with Gasteiger partial charge in [-0.3, -0.25) is 0 Å². The number of rotatable bonds is 3. The molecule has 0 N–H and O–H groups in total. The van der Waals surface area contributed by atoms with Crippen molar-refractivity contribution in [1.82, 2.24) is 14.6 Å². The largest absolute Gasteiger partial charge is 0.486 e. The Bertz CT molecular complexity index is 857. The van der Waals surface area contributed by atoms with Crippen molar-refractivity contribution < 1.29 is 4.74 Å². The van der Waals surface area contributed by atoms with Gasteiger partial charge in [-0.1, -0.05) is 23.5 Å². The Balaban J connectivity index is 1.84. The number of ether oxygens (including phenoxy) is 1. The molecule has 3 rings (SSSR count). The molecule has 21 heavy (non-hydrogen) atoms. The Labute approximate surface area is 126 Å². The van der Waals surface area contributed by atoms with Crippen molar-refractivity contribution >= 4 is 16.3 Å². The van der Waals surface area contributed by atoms with Crippen LogP contribution in [0, 0.1) is 32.1 Å². The van der Waals surface area contributed by atoms with Gasteiger partial charge in [0.2, 0.25) is 4.96 Å². The SMILES string of the molecule is Cc1cccc(OCc2nn3c(C#N)c(C)nc3s2)c1C. The summed E-state index contributed by atoms with van der Waals surface area (Å²) in [5, 5.41) is 14.3. The highest BCUT2D eigenvalue weighted by Crippen LogP contribution is 2.23. The zero-order valence-corrected chi connectivity index (χ0v) is 12.9. The molecule has 0 aliphatic heterocycles. The maximum atomic E-state index is 9.11. The molecule has 0 aliphatic rings. The third-order valence-electron chi connectivity index (χ3n) is 3.43. The number of nitriles is 1. The summed E-state index contributed by atoms with van der Waals surface area (Å²) in [5.74, 6) is 0.861. The smallest absolute Gasteiger partial charge is 0.213 e. The first-order valence-electron chi connectivity index (χ1n) is 6.54. The van der Waals surface area contributed by atoms with E-state index in [4.69, 9.17) is 10.00 Å². The summed E-state index contributed by atoms with van der Waals surface area (Å²) in [6, 6.07) is 8.11. The molecule has 2 aromatic heterocycles. The van der Waals surface area contributed by atoms with Gasteiger partial charge >= 0.3 is 0 Å². The highest BCUT2D eigenvalue weighted by atomic mass is 32.1. The second kappa shape index (κ2) is 5.19. The topological polar surface area (TPSA) is 63.2 Å². The lowest BCUT2D eigenvalue weighted by atomic mass is 10.1. The van der Waals surface area contributed by atoms with Gasteiger partial charge in [0.05, 0.1) is 5.69 Å². The molecule has 0 fully saturated rings. The average Bonchev–Trinajstić information content (AvgIpc) is 2.96. The fraction of sp³-hybridized carbons (Fsp3) is 0.267. The van der Waals surface area contributed by atoms with Crippen LogP contribution in [0.4, 0.5) is 0 Å². The van der Waals surface area contributed by atoms with Gasteiger partial charge in [0, 0.05) is 0 Å². The molecule has 0 saturated heterocycles. The van der Waals surface area contributed by atoms with E-state index in [0.717, 1.165) is 21.3 Å². The van der Waals surface area contributed by atoms with Gasteiger partial charge in [-0.25, -0.2) is 4.98 Å². The molecule has 106 valence electrons. The van der Waals surface area contributed by atoms with Crippen LogP contribution < -0.4 is 4.74 Å². The quantitative estimate of drug-likeness (QED) is 0.745. The van der Waals surface area contributed by atoms with Gasteiger partial charge in [0.25, 0.3) is 0 Å². The second-order valence-electron chi connectivity index (χ2n) is 4.83. The van der Waals surface area contributed by atoms with E-state index in [0.29, 0.717) is 18.0 Å². The van der Waals surface area contributed by atoms with Crippen molar-refractivity contribution in [2.75, 3.05) is 0 Å². The predicted molar refractivity (Wildman–Crippen MR) is 80.6 cm³/mol. The molecule has 3 aromatic rings. The van der Waals surface area contributed by atoms with Crippen LogP contribution in [-0.4, -0.2) is 14.6 Å². The minimum atomic E-state index is 0.377. The lowest BCUT2D eigenvalue weighted by Gasteiger charge is -2.09. The molecule has 0 atom stereocenters. The molecule has 0 saturated carbocycles. The summed E-state index contributed by atoms with van der Waals surface area (Å²) in [6.45, 7) is 6.28. The van der Waals surface area contributed by atoms with Crippen LogP contribution in [0.1, 0.15) is 27.5 Å². The number of benzene rings is 1. The van der Waals surface area contributed by atoms with E-state index < -0.39 is 0 Å². The van der Waals surface area contributed by atoms with Crippen LogP contribution in [0.15, 0.2) is 18.2 Å². The van der Waals surface area contributed by atoms with Crippen LogP contribution in [0.5, 0.6) is 5.75 Å². The molecular weight excluding hydrogens is 284 g/mol. The highest BCUT2D eigenvalue weighted by Gasteiger charge is 2.14. The summed E-state index contributed by atoms with van der Waals surface area (Å²) in [5.41, 5.74) is 3.52. The van der Waals surface area contributed by atoms with E-state index >= 15 is 0 Å². The van der Waals surface area contributed by atoms with E-state index in [-0.39, 0.29) is 0 Å². The first-order chi connectivity index (χ1) is 10.1. The summed E-state index contributed by atoms with van der Waals surface area (Å²) < 4.78 is 7.42. The summed E-state index contributed by atoms with van der Waals surface area (Å²) >= 11 is 1.44. The molecule has 0 bridgehead atoms. The number of hydrogen-bond acceptors (Lipinski definition) is 5. The van der Waals surface area contributed by atoms with E-state index in [2.05, 4.69) is 29.1 Å². The number of fused-ring (bicyclic) bond motifs is 1.